The molecule has 0 fully saturated rings. The number of nitrogens with two attached hydrogens (primary N) is 2. The maximum Gasteiger partial charge on any atom is 0.251 e. The standard InChI is InChI=1S/C13H21N3O/c1-8(2)10-5-4-9(3)11(6-10)7-12(14)13(17)16-15/h4-6,8,12H,7,14-15H2,1-3H3,(H,16,17). The minimum Gasteiger partial charge on any atom is -0.320 e. The Morgan fingerprint density at radius 1 is 1.41 bits per heavy atom. The fraction of sp³-hybridized carbons (Fsp3) is 0.462. The summed E-state index contributed by atoms with van der Waals surface area (Å²) in [6.45, 7) is 6.30. The number of nitrogens with one attached hydrogen (secondary N) is 1. The first-order valence-electron chi connectivity index (χ1n) is 5.81. The Balaban J connectivity index is 2.89. The molecule has 1 amide bonds. The summed E-state index contributed by atoms with van der Waals surface area (Å²) in [5, 5.41) is 0. The fourth-order valence-corrected chi connectivity index (χ4v) is 1.71. The molecule has 0 bridgehead atoms. The first-order chi connectivity index (χ1) is 7.95. The molecule has 4 heteroatoms. The van der Waals surface area contributed by atoms with E-state index in [-0.39, 0.29) is 5.91 Å². The molecule has 17 heavy (non-hydrogen) atoms. The van der Waals surface area contributed by atoms with Gasteiger partial charge in [-0.2, -0.15) is 0 Å². The number of hydrogen-bond donors (Lipinski definition) is 3. The van der Waals surface area contributed by atoms with Gasteiger partial charge in [-0.15, -0.1) is 0 Å². The van der Waals surface area contributed by atoms with Crippen molar-refractivity contribution in [2.75, 3.05) is 0 Å². The molecule has 94 valence electrons. The van der Waals surface area contributed by atoms with Crippen LogP contribution in [0.4, 0.5) is 0 Å². The molecule has 0 aliphatic rings. The van der Waals surface area contributed by atoms with Crippen LogP contribution in [-0.4, -0.2) is 11.9 Å². The van der Waals surface area contributed by atoms with Crippen LogP contribution in [0, 0.1) is 6.92 Å². The minimum absolute atomic E-state index is 0.334. The molecule has 1 atom stereocenters. The van der Waals surface area contributed by atoms with Crippen molar-refractivity contribution in [3.05, 3.63) is 34.9 Å². The van der Waals surface area contributed by atoms with E-state index in [1.165, 1.54) is 5.56 Å². The summed E-state index contributed by atoms with van der Waals surface area (Å²) in [6.07, 6.45) is 0.509. The van der Waals surface area contributed by atoms with Crippen LogP contribution in [0.25, 0.3) is 0 Å². The summed E-state index contributed by atoms with van der Waals surface area (Å²) in [7, 11) is 0. The lowest BCUT2D eigenvalue weighted by Crippen LogP contribution is -2.45. The second-order valence-electron chi connectivity index (χ2n) is 4.66. The normalized spacial score (nSPS) is 12.6. The molecule has 0 aliphatic heterocycles. The third kappa shape index (κ3) is 3.54. The molecule has 5 N–H and O–H groups in total. The Morgan fingerprint density at radius 3 is 2.59 bits per heavy atom. The van der Waals surface area contributed by atoms with Crippen LogP contribution in [0.1, 0.15) is 36.5 Å². The lowest BCUT2D eigenvalue weighted by molar-refractivity contribution is -0.122. The number of hydrogen-bond acceptors (Lipinski definition) is 3. The van der Waals surface area contributed by atoms with E-state index in [0.29, 0.717) is 12.3 Å². The van der Waals surface area contributed by atoms with Crippen molar-refractivity contribution >= 4 is 5.91 Å². The van der Waals surface area contributed by atoms with Gasteiger partial charge in [0.15, 0.2) is 0 Å². The number of carbonyl (C=O) groups is 1. The zero-order valence-corrected chi connectivity index (χ0v) is 10.7. The number of rotatable bonds is 4. The van der Waals surface area contributed by atoms with Gasteiger partial charge in [-0.05, 0) is 36.0 Å². The molecular formula is C13H21N3O. The van der Waals surface area contributed by atoms with Gasteiger partial charge in [0.05, 0.1) is 6.04 Å². The van der Waals surface area contributed by atoms with Gasteiger partial charge in [0.25, 0.3) is 5.91 Å². The topological polar surface area (TPSA) is 81.1 Å². The third-order valence-corrected chi connectivity index (χ3v) is 2.96. The highest BCUT2D eigenvalue weighted by atomic mass is 16.2. The predicted octanol–water partition coefficient (Wildman–Crippen LogP) is 0.978. The average molecular weight is 235 g/mol. The molecule has 0 saturated heterocycles. The van der Waals surface area contributed by atoms with Gasteiger partial charge < -0.3 is 5.73 Å². The quantitative estimate of drug-likeness (QED) is 0.413. The van der Waals surface area contributed by atoms with E-state index in [0.717, 1.165) is 11.1 Å². The Labute approximate surface area is 102 Å². The summed E-state index contributed by atoms with van der Waals surface area (Å²) in [6, 6.07) is 5.69. The lowest BCUT2D eigenvalue weighted by Gasteiger charge is -2.14. The summed E-state index contributed by atoms with van der Waals surface area (Å²) in [5.41, 5.74) is 11.3. The van der Waals surface area contributed by atoms with E-state index in [9.17, 15) is 4.79 Å². The fourth-order valence-electron chi connectivity index (χ4n) is 1.71. The number of aryl methyl sites for hydroxylation is 1. The van der Waals surface area contributed by atoms with E-state index in [2.05, 4.69) is 37.5 Å². The molecule has 0 radical (unpaired) electrons. The van der Waals surface area contributed by atoms with E-state index < -0.39 is 6.04 Å². The minimum atomic E-state index is -0.596. The van der Waals surface area contributed by atoms with Crippen LogP contribution in [0.2, 0.25) is 0 Å². The molecule has 1 rings (SSSR count). The van der Waals surface area contributed by atoms with Crippen LogP contribution in [0.5, 0.6) is 0 Å². The smallest absolute Gasteiger partial charge is 0.251 e. The van der Waals surface area contributed by atoms with Gasteiger partial charge >= 0.3 is 0 Å². The van der Waals surface area contributed by atoms with Gasteiger partial charge in [0.1, 0.15) is 0 Å². The van der Waals surface area contributed by atoms with Gasteiger partial charge in [-0.3, -0.25) is 10.2 Å². The highest BCUT2D eigenvalue weighted by Gasteiger charge is 2.14. The Morgan fingerprint density at radius 2 is 2.06 bits per heavy atom. The van der Waals surface area contributed by atoms with Crippen molar-refractivity contribution in [3.63, 3.8) is 0 Å². The average Bonchev–Trinajstić information content (AvgIpc) is 2.30. The Bertz CT molecular complexity index is 402. The lowest BCUT2D eigenvalue weighted by atomic mass is 9.94. The molecule has 0 spiro atoms. The molecular weight excluding hydrogens is 214 g/mol. The Kier molecular flexibility index (Phi) is 4.66. The van der Waals surface area contributed by atoms with Crippen molar-refractivity contribution in [1.82, 2.24) is 5.43 Å². The number of amides is 1. The second-order valence-corrected chi connectivity index (χ2v) is 4.66. The first-order valence-corrected chi connectivity index (χ1v) is 5.81. The maximum absolute atomic E-state index is 11.3. The maximum atomic E-state index is 11.3. The largest absolute Gasteiger partial charge is 0.320 e. The first kappa shape index (κ1) is 13.7. The Hall–Kier alpha value is -1.39. The summed E-state index contributed by atoms with van der Waals surface area (Å²) >= 11 is 0. The number of hydrazine groups is 1. The summed E-state index contributed by atoms with van der Waals surface area (Å²) < 4.78 is 0. The molecule has 0 saturated carbocycles. The van der Waals surface area contributed by atoms with Crippen molar-refractivity contribution in [3.8, 4) is 0 Å². The number of benzene rings is 1. The van der Waals surface area contributed by atoms with Crippen LogP contribution >= 0.6 is 0 Å². The van der Waals surface area contributed by atoms with Gasteiger partial charge in [0, 0.05) is 0 Å². The van der Waals surface area contributed by atoms with Gasteiger partial charge in [-0.25, -0.2) is 5.84 Å². The van der Waals surface area contributed by atoms with E-state index in [1.54, 1.807) is 0 Å². The summed E-state index contributed by atoms with van der Waals surface area (Å²) in [4.78, 5) is 11.3. The molecule has 1 aromatic rings. The van der Waals surface area contributed by atoms with Crippen molar-refractivity contribution in [2.45, 2.75) is 39.2 Å². The van der Waals surface area contributed by atoms with Crippen LogP contribution in [-0.2, 0) is 11.2 Å². The van der Waals surface area contributed by atoms with E-state index >= 15 is 0 Å². The van der Waals surface area contributed by atoms with Crippen LogP contribution in [0.3, 0.4) is 0 Å². The SMILES string of the molecule is Cc1ccc(C(C)C)cc1CC(N)C(=O)NN. The summed E-state index contributed by atoms with van der Waals surface area (Å²) in [5.74, 6) is 5.20. The van der Waals surface area contributed by atoms with Crippen LogP contribution < -0.4 is 17.0 Å². The molecule has 0 heterocycles. The molecule has 1 unspecified atom stereocenters. The van der Waals surface area contributed by atoms with E-state index in [4.69, 9.17) is 11.6 Å². The monoisotopic (exact) mass is 235 g/mol. The predicted molar refractivity (Wildman–Crippen MR) is 69.3 cm³/mol. The molecule has 0 aromatic heterocycles. The second kappa shape index (κ2) is 5.80. The van der Waals surface area contributed by atoms with Crippen molar-refractivity contribution in [2.24, 2.45) is 11.6 Å². The van der Waals surface area contributed by atoms with Gasteiger partial charge in [-0.1, -0.05) is 32.0 Å². The van der Waals surface area contributed by atoms with Crippen molar-refractivity contribution < 1.29 is 4.79 Å². The van der Waals surface area contributed by atoms with Crippen molar-refractivity contribution in [1.29, 1.82) is 0 Å². The third-order valence-electron chi connectivity index (χ3n) is 2.96. The molecule has 4 nitrogen and oxygen atoms in total. The highest BCUT2D eigenvalue weighted by molar-refractivity contribution is 5.81. The van der Waals surface area contributed by atoms with Gasteiger partial charge in [0.2, 0.25) is 0 Å². The number of carbonyl (C=O) groups excluding carboxylic acids is 1. The zero-order chi connectivity index (χ0) is 13.0. The van der Waals surface area contributed by atoms with E-state index in [1.807, 2.05) is 6.92 Å². The molecule has 0 aliphatic carbocycles. The highest BCUT2D eigenvalue weighted by Crippen LogP contribution is 2.19. The zero-order valence-electron chi connectivity index (χ0n) is 10.7. The van der Waals surface area contributed by atoms with Crippen LogP contribution in [0.15, 0.2) is 18.2 Å². The molecule has 1 aromatic carbocycles.